The van der Waals surface area contributed by atoms with Gasteiger partial charge in [-0.1, -0.05) is 17.7 Å². The summed E-state index contributed by atoms with van der Waals surface area (Å²) in [5.41, 5.74) is 1.38. The fourth-order valence-electron chi connectivity index (χ4n) is 2.60. The van der Waals surface area contributed by atoms with Crippen LogP contribution in [0.2, 0.25) is 5.02 Å². The minimum Gasteiger partial charge on any atom is -0.342 e. The highest BCUT2D eigenvalue weighted by Gasteiger charge is 2.17. The van der Waals surface area contributed by atoms with E-state index in [1.807, 2.05) is 0 Å². The monoisotopic (exact) mass is 306 g/mol. The number of benzene rings is 1. The van der Waals surface area contributed by atoms with Crippen molar-refractivity contribution in [2.24, 2.45) is 0 Å². The van der Waals surface area contributed by atoms with Crippen LogP contribution < -0.4 is 5.32 Å². The van der Waals surface area contributed by atoms with Crippen LogP contribution in [-0.4, -0.2) is 27.5 Å². The third-order valence-electron chi connectivity index (χ3n) is 3.68. The first-order valence-corrected chi connectivity index (χ1v) is 7.23. The van der Waals surface area contributed by atoms with Crippen LogP contribution in [0.3, 0.4) is 0 Å². The summed E-state index contributed by atoms with van der Waals surface area (Å²) in [4.78, 5) is 18.0. The van der Waals surface area contributed by atoms with Gasteiger partial charge in [-0.15, -0.1) is 0 Å². The summed E-state index contributed by atoms with van der Waals surface area (Å²) in [6, 6.07) is 5.21. The highest BCUT2D eigenvalue weighted by Crippen LogP contribution is 2.29. The third-order valence-corrected chi connectivity index (χ3v) is 4.00. The Morgan fingerprint density at radius 3 is 3.05 bits per heavy atom. The largest absolute Gasteiger partial charge is 0.342 e. The molecule has 1 aliphatic heterocycles. The Hall–Kier alpha value is -1.92. The molecule has 1 unspecified atom stereocenters. The van der Waals surface area contributed by atoms with Crippen molar-refractivity contribution in [1.29, 1.82) is 0 Å². The summed E-state index contributed by atoms with van der Waals surface area (Å²) in [7, 11) is 0. The van der Waals surface area contributed by atoms with E-state index in [-0.39, 0.29) is 10.7 Å². The lowest BCUT2D eigenvalue weighted by molar-refractivity contribution is -0.384. The number of nitrogens with one attached hydrogen (secondary N) is 2. The van der Waals surface area contributed by atoms with E-state index in [1.54, 1.807) is 12.3 Å². The molecule has 1 saturated heterocycles. The second-order valence-corrected chi connectivity index (χ2v) is 5.57. The number of nitrogens with zero attached hydrogens (tertiary/aromatic N) is 2. The van der Waals surface area contributed by atoms with E-state index in [0.29, 0.717) is 11.6 Å². The third kappa shape index (κ3) is 3.06. The van der Waals surface area contributed by atoms with E-state index >= 15 is 0 Å². The number of halogens is 1. The maximum atomic E-state index is 10.9. The van der Waals surface area contributed by atoms with Crippen molar-refractivity contribution in [2.75, 3.05) is 6.54 Å². The molecule has 2 aromatic rings. The van der Waals surface area contributed by atoms with Crippen molar-refractivity contribution in [1.82, 2.24) is 15.3 Å². The van der Waals surface area contributed by atoms with Gasteiger partial charge in [-0.25, -0.2) is 4.98 Å². The molecule has 1 aliphatic rings. The second-order valence-electron chi connectivity index (χ2n) is 5.16. The zero-order chi connectivity index (χ0) is 14.8. The molecule has 3 rings (SSSR count). The van der Waals surface area contributed by atoms with Gasteiger partial charge in [0.05, 0.1) is 16.8 Å². The van der Waals surface area contributed by atoms with Crippen molar-refractivity contribution in [2.45, 2.75) is 25.3 Å². The summed E-state index contributed by atoms with van der Waals surface area (Å²) in [5, 5.41) is 14.5. The van der Waals surface area contributed by atoms with Gasteiger partial charge >= 0.3 is 0 Å². The Kier molecular flexibility index (Phi) is 3.90. The molecule has 21 heavy (non-hydrogen) atoms. The van der Waals surface area contributed by atoms with Crippen molar-refractivity contribution in [3.8, 4) is 11.3 Å². The molecule has 0 aliphatic carbocycles. The van der Waals surface area contributed by atoms with Gasteiger partial charge < -0.3 is 10.3 Å². The van der Waals surface area contributed by atoms with Gasteiger partial charge in [-0.3, -0.25) is 10.1 Å². The van der Waals surface area contributed by atoms with E-state index < -0.39 is 4.92 Å². The lowest BCUT2D eigenvalue weighted by atomic mass is 10.1. The van der Waals surface area contributed by atoms with Gasteiger partial charge in [0, 0.05) is 24.1 Å². The van der Waals surface area contributed by atoms with E-state index in [1.165, 1.54) is 18.6 Å². The molecule has 0 spiro atoms. The van der Waals surface area contributed by atoms with Crippen molar-refractivity contribution < 1.29 is 4.92 Å². The van der Waals surface area contributed by atoms with E-state index in [0.717, 1.165) is 30.9 Å². The van der Waals surface area contributed by atoms with Crippen molar-refractivity contribution in [3.63, 3.8) is 0 Å². The normalized spacial score (nSPS) is 18.0. The zero-order valence-corrected chi connectivity index (χ0v) is 12.1. The Bertz CT molecular complexity index is 665. The maximum absolute atomic E-state index is 10.9. The molecule has 6 nitrogen and oxygen atoms in total. The molecular weight excluding hydrogens is 292 g/mol. The topological polar surface area (TPSA) is 83.8 Å². The van der Waals surface area contributed by atoms with Crippen molar-refractivity contribution >= 4 is 17.3 Å². The smallest absolute Gasteiger partial charge is 0.288 e. The Morgan fingerprint density at radius 1 is 1.48 bits per heavy atom. The van der Waals surface area contributed by atoms with E-state index in [2.05, 4.69) is 15.3 Å². The lowest BCUT2D eigenvalue weighted by Crippen LogP contribution is -2.24. The first kappa shape index (κ1) is 14.0. The fourth-order valence-corrected chi connectivity index (χ4v) is 2.78. The Balaban J connectivity index is 1.82. The van der Waals surface area contributed by atoms with Crippen LogP contribution in [0.5, 0.6) is 0 Å². The molecule has 1 fully saturated rings. The molecule has 0 saturated carbocycles. The second kappa shape index (κ2) is 5.83. The molecule has 0 amide bonds. The van der Waals surface area contributed by atoms with Crippen LogP contribution in [0.15, 0.2) is 24.4 Å². The number of aromatic amines is 1. The highest BCUT2D eigenvalue weighted by atomic mass is 35.5. The number of H-pyrrole nitrogens is 1. The molecule has 7 heteroatoms. The first-order valence-electron chi connectivity index (χ1n) is 6.85. The average Bonchev–Trinajstić information content (AvgIpc) is 3.11. The number of nitro benzene ring substituents is 1. The number of nitro groups is 1. The van der Waals surface area contributed by atoms with E-state index in [9.17, 15) is 10.1 Å². The summed E-state index contributed by atoms with van der Waals surface area (Å²) < 4.78 is 0. The fraction of sp³-hybridized carbons (Fsp3) is 0.357. The average molecular weight is 307 g/mol. The van der Waals surface area contributed by atoms with Gasteiger partial charge in [0.25, 0.3) is 5.69 Å². The predicted molar refractivity (Wildman–Crippen MR) is 80.4 cm³/mol. The highest BCUT2D eigenvalue weighted by molar-refractivity contribution is 6.32. The minimum absolute atomic E-state index is 0.0947. The van der Waals surface area contributed by atoms with Crippen LogP contribution in [0.4, 0.5) is 5.69 Å². The molecule has 1 atom stereocenters. The Labute approximate surface area is 126 Å². The number of hydrogen-bond acceptors (Lipinski definition) is 4. The van der Waals surface area contributed by atoms with Gasteiger partial charge in [0.2, 0.25) is 0 Å². The zero-order valence-electron chi connectivity index (χ0n) is 11.3. The molecule has 2 heterocycles. The standard InChI is InChI=1S/C14H15ClN4O2/c15-11-4-3-9(6-13(11)19(20)21)12-8-17-14(18-12)7-10-2-1-5-16-10/h3-4,6,8,10,16H,1-2,5,7H2,(H,17,18). The van der Waals surface area contributed by atoms with Gasteiger partial charge in [-0.2, -0.15) is 0 Å². The number of imidazole rings is 1. The SMILES string of the molecule is O=[N+]([O-])c1cc(-c2cnc(CC3CCCN3)[nH]2)ccc1Cl. The van der Waals surface area contributed by atoms with Crippen LogP contribution >= 0.6 is 11.6 Å². The summed E-state index contributed by atoms with van der Waals surface area (Å²) in [6.45, 7) is 1.06. The Morgan fingerprint density at radius 2 is 2.33 bits per heavy atom. The lowest BCUT2D eigenvalue weighted by Gasteiger charge is -2.06. The summed E-state index contributed by atoms with van der Waals surface area (Å²) >= 11 is 5.82. The predicted octanol–water partition coefficient (Wildman–Crippen LogP) is 2.93. The van der Waals surface area contributed by atoms with Gasteiger partial charge in [0.1, 0.15) is 10.8 Å². The van der Waals surface area contributed by atoms with Crippen LogP contribution in [0.1, 0.15) is 18.7 Å². The number of rotatable bonds is 4. The minimum atomic E-state index is -0.481. The molecule has 110 valence electrons. The molecule has 0 bridgehead atoms. The number of aromatic nitrogens is 2. The van der Waals surface area contributed by atoms with Crippen LogP contribution in [-0.2, 0) is 6.42 Å². The van der Waals surface area contributed by atoms with Crippen molar-refractivity contribution in [3.05, 3.63) is 45.4 Å². The molecule has 0 radical (unpaired) electrons. The summed E-state index contributed by atoms with van der Waals surface area (Å²) in [5.74, 6) is 0.891. The van der Waals surface area contributed by atoms with Crippen LogP contribution in [0.25, 0.3) is 11.3 Å². The van der Waals surface area contributed by atoms with E-state index in [4.69, 9.17) is 11.6 Å². The first-order chi connectivity index (χ1) is 10.1. The van der Waals surface area contributed by atoms with Gasteiger partial charge in [0.15, 0.2) is 0 Å². The molecule has 2 N–H and O–H groups in total. The molecule has 1 aromatic carbocycles. The molecular formula is C14H15ClN4O2. The maximum Gasteiger partial charge on any atom is 0.288 e. The molecule has 1 aromatic heterocycles. The van der Waals surface area contributed by atoms with Gasteiger partial charge in [-0.05, 0) is 25.5 Å². The quantitative estimate of drug-likeness (QED) is 0.672. The summed E-state index contributed by atoms with van der Waals surface area (Å²) in [6.07, 6.45) is 4.90. The number of hydrogen-bond donors (Lipinski definition) is 2. The van der Waals surface area contributed by atoms with Crippen LogP contribution in [0, 0.1) is 10.1 Å².